The van der Waals surface area contributed by atoms with Gasteiger partial charge in [-0.1, -0.05) is 18.2 Å². The highest BCUT2D eigenvalue weighted by Gasteiger charge is 2.22. The van der Waals surface area contributed by atoms with E-state index in [1.807, 2.05) is 36.1 Å². The summed E-state index contributed by atoms with van der Waals surface area (Å²) in [6.07, 6.45) is 2.58. The number of benzene rings is 2. The van der Waals surface area contributed by atoms with Crippen molar-refractivity contribution in [3.05, 3.63) is 54.1 Å². The fourth-order valence-electron chi connectivity index (χ4n) is 4.00. The van der Waals surface area contributed by atoms with Crippen LogP contribution in [-0.2, 0) is 11.2 Å². The quantitative estimate of drug-likeness (QED) is 0.837. The molecule has 2 aromatic rings. The van der Waals surface area contributed by atoms with Gasteiger partial charge < -0.3 is 20.4 Å². The molecule has 0 radical (unpaired) electrons. The van der Waals surface area contributed by atoms with E-state index in [-0.39, 0.29) is 18.0 Å². The zero-order valence-electron chi connectivity index (χ0n) is 16.1. The Morgan fingerprint density at radius 1 is 1.07 bits per heavy atom. The summed E-state index contributed by atoms with van der Waals surface area (Å²) in [5.41, 5.74) is 4.50. The minimum absolute atomic E-state index is 0.0950. The summed E-state index contributed by atoms with van der Waals surface area (Å²) in [5, 5.41) is 5.78. The molecule has 2 heterocycles. The van der Waals surface area contributed by atoms with Crippen LogP contribution >= 0.6 is 0 Å². The van der Waals surface area contributed by atoms with Gasteiger partial charge in [-0.25, -0.2) is 4.79 Å². The lowest BCUT2D eigenvalue weighted by Crippen LogP contribution is -2.44. The van der Waals surface area contributed by atoms with Gasteiger partial charge in [0.25, 0.3) is 0 Å². The fourth-order valence-corrected chi connectivity index (χ4v) is 4.00. The number of amides is 3. The molecule has 28 heavy (non-hydrogen) atoms. The first kappa shape index (κ1) is 18.3. The van der Waals surface area contributed by atoms with Crippen LogP contribution in [0.2, 0.25) is 0 Å². The molecule has 0 aromatic heterocycles. The smallest absolute Gasteiger partial charge is 0.319 e. The van der Waals surface area contributed by atoms with E-state index in [2.05, 4.69) is 39.8 Å². The predicted octanol–water partition coefficient (Wildman–Crippen LogP) is 3.51. The van der Waals surface area contributed by atoms with E-state index in [0.717, 1.165) is 37.3 Å². The number of likely N-dealkylation sites (tertiary alicyclic amines) is 1. The lowest BCUT2D eigenvalue weighted by atomic mass is 10.2. The number of hydrogen-bond donors (Lipinski definition) is 2. The normalized spacial score (nSPS) is 16.8. The SMILES string of the molecule is C[C@@H](CN1CCCC1=O)NC(=O)Nc1ccc(N2CCc3ccccc32)cc1. The summed E-state index contributed by atoms with van der Waals surface area (Å²) in [7, 11) is 0. The number of anilines is 3. The molecule has 2 aromatic carbocycles. The van der Waals surface area contributed by atoms with E-state index in [0.29, 0.717) is 13.0 Å². The highest BCUT2D eigenvalue weighted by molar-refractivity contribution is 5.90. The molecule has 1 saturated heterocycles. The van der Waals surface area contributed by atoms with Crippen LogP contribution in [0.3, 0.4) is 0 Å². The number of fused-ring (bicyclic) bond motifs is 1. The second-order valence-corrected chi connectivity index (χ2v) is 7.52. The van der Waals surface area contributed by atoms with Crippen LogP contribution in [-0.4, -0.2) is 42.5 Å². The molecule has 0 bridgehead atoms. The highest BCUT2D eigenvalue weighted by Crippen LogP contribution is 2.34. The average Bonchev–Trinajstić information content (AvgIpc) is 3.29. The molecule has 0 saturated carbocycles. The van der Waals surface area contributed by atoms with Gasteiger partial charge in [-0.05, 0) is 55.7 Å². The van der Waals surface area contributed by atoms with E-state index in [9.17, 15) is 9.59 Å². The molecule has 2 aliphatic heterocycles. The minimum Gasteiger partial charge on any atom is -0.341 e. The van der Waals surface area contributed by atoms with Crippen LogP contribution in [0.15, 0.2) is 48.5 Å². The third-order valence-corrected chi connectivity index (χ3v) is 5.37. The monoisotopic (exact) mass is 378 g/mol. The molecule has 1 fully saturated rings. The second-order valence-electron chi connectivity index (χ2n) is 7.52. The first-order valence-electron chi connectivity index (χ1n) is 9.91. The second kappa shape index (κ2) is 7.92. The maximum atomic E-state index is 12.2. The molecule has 0 unspecified atom stereocenters. The molecule has 1 atom stereocenters. The fraction of sp³-hybridized carbons (Fsp3) is 0.364. The van der Waals surface area contributed by atoms with Gasteiger partial charge in [0.1, 0.15) is 0 Å². The Labute approximate surface area is 165 Å². The minimum atomic E-state index is -0.251. The molecular formula is C22H26N4O2. The van der Waals surface area contributed by atoms with Gasteiger partial charge >= 0.3 is 6.03 Å². The Morgan fingerprint density at radius 2 is 1.86 bits per heavy atom. The number of carbonyl (C=O) groups excluding carboxylic acids is 2. The molecule has 146 valence electrons. The van der Waals surface area contributed by atoms with Crippen molar-refractivity contribution in [1.29, 1.82) is 0 Å². The van der Waals surface area contributed by atoms with Crippen molar-refractivity contribution in [2.75, 3.05) is 29.9 Å². The zero-order chi connectivity index (χ0) is 19.5. The van der Waals surface area contributed by atoms with Crippen molar-refractivity contribution < 1.29 is 9.59 Å². The van der Waals surface area contributed by atoms with Crippen molar-refractivity contribution in [1.82, 2.24) is 10.2 Å². The van der Waals surface area contributed by atoms with Gasteiger partial charge in [0.15, 0.2) is 0 Å². The van der Waals surface area contributed by atoms with E-state index in [1.54, 1.807) is 0 Å². The molecule has 0 aliphatic carbocycles. The van der Waals surface area contributed by atoms with E-state index in [4.69, 9.17) is 0 Å². The van der Waals surface area contributed by atoms with Crippen molar-refractivity contribution >= 4 is 29.0 Å². The molecule has 2 aliphatic rings. The van der Waals surface area contributed by atoms with Crippen molar-refractivity contribution in [3.63, 3.8) is 0 Å². The number of hydrogen-bond acceptors (Lipinski definition) is 3. The molecule has 3 amide bonds. The first-order valence-corrected chi connectivity index (χ1v) is 9.91. The maximum absolute atomic E-state index is 12.2. The van der Waals surface area contributed by atoms with Gasteiger partial charge in [0, 0.05) is 49.2 Å². The molecule has 4 rings (SSSR count). The highest BCUT2D eigenvalue weighted by atomic mass is 16.2. The van der Waals surface area contributed by atoms with Gasteiger partial charge in [0.2, 0.25) is 5.91 Å². The van der Waals surface area contributed by atoms with Crippen LogP contribution in [0.1, 0.15) is 25.3 Å². The molecule has 6 heteroatoms. The average molecular weight is 378 g/mol. The Hall–Kier alpha value is -3.02. The van der Waals surface area contributed by atoms with E-state index in [1.165, 1.54) is 11.3 Å². The summed E-state index contributed by atoms with van der Waals surface area (Å²) in [6, 6.07) is 16.0. The van der Waals surface area contributed by atoms with Crippen molar-refractivity contribution in [3.8, 4) is 0 Å². The van der Waals surface area contributed by atoms with Crippen molar-refractivity contribution in [2.24, 2.45) is 0 Å². The third-order valence-electron chi connectivity index (χ3n) is 5.37. The number of urea groups is 1. The van der Waals surface area contributed by atoms with Crippen LogP contribution in [0.4, 0.5) is 21.9 Å². The lowest BCUT2D eigenvalue weighted by Gasteiger charge is -2.22. The summed E-state index contributed by atoms with van der Waals surface area (Å²) >= 11 is 0. The Balaban J connectivity index is 1.32. The number of para-hydroxylation sites is 1. The lowest BCUT2D eigenvalue weighted by molar-refractivity contribution is -0.127. The van der Waals surface area contributed by atoms with Crippen molar-refractivity contribution in [2.45, 2.75) is 32.2 Å². The summed E-state index contributed by atoms with van der Waals surface area (Å²) in [5.74, 6) is 0.174. The first-order chi connectivity index (χ1) is 13.6. The van der Waals surface area contributed by atoms with Crippen LogP contribution in [0.5, 0.6) is 0 Å². The van der Waals surface area contributed by atoms with Gasteiger partial charge in [0.05, 0.1) is 0 Å². The van der Waals surface area contributed by atoms with Gasteiger partial charge in [-0.15, -0.1) is 0 Å². The number of nitrogens with zero attached hydrogens (tertiary/aromatic N) is 2. The topological polar surface area (TPSA) is 64.7 Å². The summed E-state index contributed by atoms with van der Waals surface area (Å²) < 4.78 is 0. The van der Waals surface area contributed by atoms with Crippen LogP contribution in [0.25, 0.3) is 0 Å². The van der Waals surface area contributed by atoms with Crippen LogP contribution in [0, 0.1) is 0 Å². The number of carbonyl (C=O) groups is 2. The third kappa shape index (κ3) is 3.96. The van der Waals surface area contributed by atoms with E-state index < -0.39 is 0 Å². The Morgan fingerprint density at radius 3 is 2.61 bits per heavy atom. The standard InChI is InChI=1S/C22H26N4O2/c1-16(15-25-13-4-7-21(25)27)23-22(28)24-18-8-10-19(11-9-18)26-14-12-17-5-2-3-6-20(17)26/h2-3,5-6,8-11,16H,4,7,12-15H2,1H3,(H2,23,24,28)/t16-/m0/s1. The molecular weight excluding hydrogens is 352 g/mol. The number of nitrogens with one attached hydrogen (secondary N) is 2. The maximum Gasteiger partial charge on any atom is 0.319 e. The number of rotatable bonds is 5. The molecule has 6 nitrogen and oxygen atoms in total. The molecule has 2 N–H and O–H groups in total. The Kier molecular flexibility index (Phi) is 5.19. The van der Waals surface area contributed by atoms with E-state index >= 15 is 0 Å². The predicted molar refractivity (Wildman–Crippen MR) is 111 cm³/mol. The zero-order valence-corrected chi connectivity index (χ0v) is 16.1. The van der Waals surface area contributed by atoms with Gasteiger partial charge in [-0.3, -0.25) is 4.79 Å². The molecule has 0 spiro atoms. The largest absolute Gasteiger partial charge is 0.341 e. The summed E-state index contributed by atoms with van der Waals surface area (Å²) in [4.78, 5) is 28.1. The van der Waals surface area contributed by atoms with Gasteiger partial charge in [-0.2, -0.15) is 0 Å². The summed E-state index contributed by atoms with van der Waals surface area (Å²) in [6.45, 7) is 4.23. The Bertz CT molecular complexity index is 865. The van der Waals surface area contributed by atoms with Crippen LogP contribution < -0.4 is 15.5 Å².